The van der Waals surface area contributed by atoms with Crippen LogP contribution < -0.4 is 9.46 Å². The number of hydrogen-bond donors (Lipinski definition) is 1. The van der Waals surface area contributed by atoms with E-state index in [0.29, 0.717) is 5.56 Å². The molecule has 0 amide bonds. The van der Waals surface area contributed by atoms with E-state index >= 15 is 0 Å². The van der Waals surface area contributed by atoms with Gasteiger partial charge in [-0.3, -0.25) is 10.1 Å². The number of nitro groups is 1. The number of nitrogens with one attached hydrogen (secondary N) is 1. The van der Waals surface area contributed by atoms with Gasteiger partial charge in [0, 0.05) is 18.2 Å². The summed E-state index contributed by atoms with van der Waals surface area (Å²) in [4.78, 5) is 10.3. The number of hydrogen-bond acceptors (Lipinski definition) is 5. The zero-order valence-corrected chi connectivity index (χ0v) is 17.8. The van der Waals surface area contributed by atoms with Gasteiger partial charge in [-0.15, -0.1) is 0 Å². The second kappa shape index (κ2) is 8.28. The number of sulfonamides is 1. The normalized spacial score (nSPS) is 12.8. The van der Waals surface area contributed by atoms with Crippen molar-refractivity contribution in [2.75, 3.05) is 7.11 Å². The molecule has 2 rings (SSSR count). The highest BCUT2D eigenvalue weighted by Gasteiger charge is 2.24. The lowest BCUT2D eigenvalue weighted by Gasteiger charge is -2.21. The summed E-state index contributed by atoms with van der Waals surface area (Å²) in [6, 6.07) is 7.14. The lowest BCUT2D eigenvalue weighted by atomic mass is 9.94. The number of methoxy groups -OCH3 is 1. The van der Waals surface area contributed by atoms with E-state index in [1.807, 2.05) is 32.9 Å². The van der Waals surface area contributed by atoms with Crippen LogP contribution in [-0.2, 0) is 10.0 Å². The third kappa shape index (κ3) is 4.51. The van der Waals surface area contributed by atoms with Crippen molar-refractivity contribution >= 4 is 15.7 Å². The fourth-order valence-corrected chi connectivity index (χ4v) is 4.65. The predicted molar refractivity (Wildman–Crippen MR) is 108 cm³/mol. The molecule has 0 radical (unpaired) electrons. The van der Waals surface area contributed by atoms with Crippen LogP contribution in [0.1, 0.15) is 55.0 Å². The average Bonchev–Trinajstić information content (AvgIpc) is 2.60. The van der Waals surface area contributed by atoms with E-state index in [-0.39, 0.29) is 16.5 Å². The molecule has 0 saturated carbocycles. The number of aryl methyl sites for hydroxylation is 2. The number of rotatable bonds is 7. The van der Waals surface area contributed by atoms with Gasteiger partial charge in [-0.2, -0.15) is 0 Å². The van der Waals surface area contributed by atoms with Crippen LogP contribution in [0.15, 0.2) is 35.2 Å². The van der Waals surface area contributed by atoms with Gasteiger partial charge in [-0.1, -0.05) is 19.9 Å². The number of benzene rings is 2. The van der Waals surface area contributed by atoms with Crippen LogP contribution in [0.2, 0.25) is 0 Å². The summed E-state index contributed by atoms with van der Waals surface area (Å²) in [7, 11) is -2.34. The Morgan fingerprint density at radius 3 is 2.21 bits per heavy atom. The second-order valence-electron chi connectivity index (χ2n) is 7.16. The van der Waals surface area contributed by atoms with Crippen LogP contribution in [-0.4, -0.2) is 20.5 Å². The summed E-state index contributed by atoms with van der Waals surface area (Å²) < 4.78 is 33.9. The number of non-ortho nitro benzene ring substituents is 1. The second-order valence-corrected chi connectivity index (χ2v) is 8.84. The molecule has 0 heterocycles. The van der Waals surface area contributed by atoms with Crippen LogP contribution in [0.25, 0.3) is 0 Å². The van der Waals surface area contributed by atoms with Crippen LogP contribution in [0, 0.1) is 24.0 Å². The molecule has 0 spiro atoms. The Morgan fingerprint density at radius 1 is 1.04 bits per heavy atom. The Bertz CT molecular complexity index is 1000. The maximum absolute atomic E-state index is 12.9. The molecule has 0 aromatic heterocycles. The summed E-state index contributed by atoms with van der Waals surface area (Å²) in [6.45, 7) is 9.34. The molecule has 0 unspecified atom stereocenters. The quantitative estimate of drug-likeness (QED) is 0.543. The smallest absolute Gasteiger partial charge is 0.270 e. The van der Waals surface area contributed by atoms with E-state index in [1.54, 1.807) is 21.0 Å². The van der Waals surface area contributed by atoms with Gasteiger partial charge >= 0.3 is 0 Å². The molecular weight excluding hydrogens is 380 g/mol. The van der Waals surface area contributed by atoms with Gasteiger partial charge in [0.05, 0.1) is 16.9 Å². The highest BCUT2D eigenvalue weighted by molar-refractivity contribution is 7.89. The van der Waals surface area contributed by atoms with Crippen molar-refractivity contribution in [3.05, 3.63) is 62.7 Å². The maximum atomic E-state index is 12.9. The van der Waals surface area contributed by atoms with Crippen molar-refractivity contribution in [3.63, 3.8) is 0 Å². The zero-order valence-electron chi connectivity index (χ0n) is 16.9. The van der Waals surface area contributed by atoms with Gasteiger partial charge in [0.2, 0.25) is 10.0 Å². The molecule has 1 N–H and O–H groups in total. The molecule has 0 saturated heterocycles. The van der Waals surface area contributed by atoms with E-state index in [9.17, 15) is 18.5 Å². The first-order valence-electron chi connectivity index (χ1n) is 8.93. The monoisotopic (exact) mass is 406 g/mol. The molecule has 28 heavy (non-hydrogen) atoms. The first-order chi connectivity index (χ1) is 13.0. The molecule has 0 bridgehead atoms. The largest absolute Gasteiger partial charge is 0.496 e. The summed E-state index contributed by atoms with van der Waals surface area (Å²) in [5.41, 5.74) is 2.89. The molecule has 0 fully saturated rings. The maximum Gasteiger partial charge on any atom is 0.270 e. The first-order valence-corrected chi connectivity index (χ1v) is 10.4. The van der Waals surface area contributed by atoms with E-state index in [1.165, 1.54) is 12.1 Å². The lowest BCUT2D eigenvalue weighted by molar-refractivity contribution is -0.385. The minimum absolute atomic E-state index is 0.0937. The van der Waals surface area contributed by atoms with Crippen LogP contribution in [0.3, 0.4) is 0 Å². The van der Waals surface area contributed by atoms with Crippen molar-refractivity contribution in [1.29, 1.82) is 0 Å². The molecule has 0 aliphatic heterocycles. The Kier molecular flexibility index (Phi) is 6.46. The van der Waals surface area contributed by atoms with Crippen molar-refractivity contribution in [2.24, 2.45) is 0 Å². The van der Waals surface area contributed by atoms with Crippen LogP contribution in [0.5, 0.6) is 5.75 Å². The van der Waals surface area contributed by atoms with Crippen molar-refractivity contribution < 1.29 is 18.1 Å². The minimum atomic E-state index is -3.95. The SMILES string of the molecule is COc1cc(C)c([C@@H](C)NS(=O)(=O)c2cc([N+](=O)[O-])ccc2C)cc1C(C)C. The highest BCUT2D eigenvalue weighted by atomic mass is 32.2. The van der Waals surface area contributed by atoms with Crippen molar-refractivity contribution in [1.82, 2.24) is 4.72 Å². The van der Waals surface area contributed by atoms with Crippen LogP contribution >= 0.6 is 0 Å². The van der Waals surface area contributed by atoms with E-state index < -0.39 is 21.0 Å². The van der Waals surface area contributed by atoms with E-state index in [4.69, 9.17) is 4.74 Å². The summed E-state index contributed by atoms with van der Waals surface area (Å²) in [5, 5.41) is 11.0. The van der Waals surface area contributed by atoms with Gasteiger partial charge in [-0.25, -0.2) is 13.1 Å². The molecule has 2 aromatic rings. The third-order valence-corrected chi connectivity index (χ3v) is 6.39. The fraction of sp³-hybridized carbons (Fsp3) is 0.400. The molecule has 0 aliphatic rings. The fourth-order valence-electron chi connectivity index (χ4n) is 3.16. The van der Waals surface area contributed by atoms with E-state index in [0.717, 1.165) is 28.5 Å². The number of nitrogens with zero attached hydrogens (tertiary/aromatic N) is 1. The topological polar surface area (TPSA) is 98.5 Å². The average molecular weight is 407 g/mol. The van der Waals surface area contributed by atoms with Gasteiger partial charge < -0.3 is 4.74 Å². The van der Waals surface area contributed by atoms with Crippen molar-refractivity contribution in [2.45, 2.75) is 51.5 Å². The molecule has 2 aromatic carbocycles. The Labute approximate surface area is 165 Å². The first kappa shape index (κ1) is 21.8. The van der Waals surface area contributed by atoms with Gasteiger partial charge in [0.1, 0.15) is 5.75 Å². The Balaban J connectivity index is 2.44. The van der Waals surface area contributed by atoms with E-state index in [2.05, 4.69) is 4.72 Å². The van der Waals surface area contributed by atoms with Crippen LogP contribution in [0.4, 0.5) is 5.69 Å². The van der Waals surface area contributed by atoms with Gasteiger partial charge in [0.15, 0.2) is 0 Å². The molecule has 8 heteroatoms. The highest BCUT2D eigenvalue weighted by Crippen LogP contribution is 2.33. The summed E-state index contributed by atoms with van der Waals surface area (Å²) in [6.07, 6.45) is 0. The molecule has 0 aliphatic carbocycles. The summed E-state index contributed by atoms with van der Waals surface area (Å²) >= 11 is 0. The molecule has 152 valence electrons. The van der Waals surface area contributed by atoms with Gasteiger partial charge in [0.25, 0.3) is 5.69 Å². The Hall–Kier alpha value is -2.45. The Morgan fingerprint density at radius 2 is 1.68 bits per heavy atom. The summed E-state index contributed by atoms with van der Waals surface area (Å²) in [5.74, 6) is 0.970. The molecular formula is C20H26N2O5S. The van der Waals surface area contributed by atoms with Crippen molar-refractivity contribution in [3.8, 4) is 5.75 Å². The predicted octanol–water partition coefficient (Wildman–Crippen LogP) is 4.38. The lowest BCUT2D eigenvalue weighted by Crippen LogP contribution is -2.28. The third-order valence-electron chi connectivity index (χ3n) is 4.71. The standard InChI is InChI=1S/C20H26N2O5S/c1-12(2)17-11-18(14(4)9-19(17)27-6)15(5)21-28(25,26)20-10-16(22(23)24)8-7-13(20)3/h7-12,15,21H,1-6H3/t15-/m1/s1. The molecule has 1 atom stereocenters. The van der Waals surface area contributed by atoms with Gasteiger partial charge in [-0.05, 0) is 61.1 Å². The number of ether oxygens (including phenoxy) is 1. The zero-order chi connectivity index (χ0) is 21.2. The minimum Gasteiger partial charge on any atom is -0.496 e. The molecule has 7 nitrogen and oxygen atoms in total. The number of nitro benzene ring substituents is 1.